The molecular formula is C15H20N4OS. The summed E-state index contributed by atoms with van der Waals surface area (Å²) in [4.78, 5) is 16.1. The lowest BCUT2D eigenvalue weighted by Gasteiger charge is -2.24. The summed E-state index contributed by atoms with van der Waals surface area (Å²) in [7, 11) is 1.79. The molecular weight excluding hydrogens is 284 g/mol. The average Bonchev–Trinajstić information content (AvgIpc) is 3.16. The first kappa shape index (κ1) is 14.1. The average molecular weight is 304 g/mol. The summed E-state index contributed by atoms with van der Waals surface area (Å²) < 4.78 is 1.63. The Kier molecular flexibility index (Phi) is 3.71. The fraction of sp³-hybridized carbons (Fsp3) is 0.467. The number of amides is 1. The van der Waals surface area contributed by atoms with E-state index in [1.54, 1.807) is 23.1 Å². The summed E-state index contributed by atoms with van der Waals surface area (Å²) >= 11 is 1.71. The van der Waals surface area contributed by atoms with Gasteiger partial charge in [-0.25, -0.2) is 0 Å². The molecule has 0 radical (unpaired) electrons. The van der Waals surface area contributed by atoms with Crippen molar-refractivity contribution in [2.24, 2.45) is 7.05 Å². The van der Waals surface area contributed by atoms with Crippen LogP contribution in [-0.4, -0.2) is 27.1 Å². The molecule has 2 N–H and O–H groups in total. The van der Waals surface area contributed by atoms with Crippen LogP contribution in [0, 0.1) is 0 Å². The third-order valence-corrected chi connectivity index (χ3v) is 5.06. The van der Waals surface area contributed by atoms with Crippen molar-refractivity contribution >= 4 is 22.9 Å². The normalized spacial score (nSPS) is 18.4. The van der Waals surface area contributed by atoms with E-state index in [-0.39, 0.29) is 11.9 Å². The van der Waals surface area contributed by atoms with Gasteiger partial charge in [-0.1, -0.05) is 13.0 Å². The van der Waals surface area contributed by atoms with Crippen molar-refractivity contribution in [3.05, 3.63) is 33.8 Å². The number of nitrogens with zero attached hydrogens (tertiary/aromatic N) is 3. The number of anilines is 1. The molecule has 112 valence electrons. The van der Waals surface area contributed by atoms with Gasteiger partial charge in [0.05, 0.1) is 17.4 Å². The predicted octanol–water partition coefficient (Wildman–Crippen LogP) is 2.60. The lowest BCUT2D eigenvalue weighted by atomic mass is 10.1. The smallest absolute Gasteiger partial charge is 0.274 e. The van der Waals surface area contributed by atoms with E-state index < -0.39 is 0 Å². The fourth-order valence-electron chi connectivity index (χ4n) is 3.03. The quantitative estimate of drug-likeness (QED) is 0.948. The number of likely N-dealkylation sites (tertiary alicyclic amines) is 1. The van der Waals surface area contributed by atoms with E-state index in [4.69, 9.17) is 5.73 Å². The minimum absolute atomic E-state index is 0.00176. The van der Waals surface area contributed by atoms with E-state index >= 15 is 0 Å². The molecule has 3 rings (SSSR count). The van der Waals surface area contributed by atoms with Crippen LogP contribution in [0.3, 0.4) is 0 Å². The third kappa shape index (κ3) is 2.33. The molecule has 0 aliphatic carbocycles. The van der Waals surface area contributed by atoms with Crippen molar-refractivity contribution in [2.45, 2.75) is 32.2 Å². The number of aromatic nitrogens is 2. The maximum absolute atomic E-state index is 12.9. The Morgan fingerprint density at radius 2 is 2.38 bits per heavy atom. The molecule has 5 nitrogen and oxygen atoms in total. The monoisotopic (exact) mass is 304 g/mol. The Balaban J connectivity index is 1.93. The molecule has 6 heteroatoms. The molecule has 1 saturated heterocycles. The first-order valence-electron chi connectivity index (χ1n) is 7.29. The van der Waals surface area contributed by atoms with Gasteiger partial charge in [-0.2, -0.15) is 5.10 Å². The van der Waals surface area contributed by atoms with Gasteiger partial charge in [0.15, 0.2) is 0 Å². The summed E-state index contributed by atoms with van der Waals surface area (Å²) in [6, 6.07) is 4.32. The second kappa shape index (κ2) is 5.52. The first-order chi connectivity index (χ1) is 10.1. The van der Waals surface area contributed by atoms with Gasteiger partial charge in [0.1, 0.15) is 5.69 Å². The van der Waals surface area contributed by atoms with E-state index in [2.05, 4.69) is 16.5 Å². The molecule has 2 aromatic rings. The molecule has 1 amide bonds. The van der Waals surface area contributed by atoms with E-state index in [1.165, 1.54) is 4.88 Å². The summed E-state index contributed by atoms with van der Waals surface area (Å²) in [5.41, 5.74) is 7.97. The van der Waals surface area contributed by atoms with Gasteiger partial charge in [0, 0.05) is 18.5 Å². The number of nitrogens with two attached hydrogens (primary N) is 1. The van der Waals surface area contributed by atoms with Crippen molar-refractivity contribution in [3.8, 4) is 0 Å². The van der Waals surface area contributed by atoms with Gasteiger partial charge in [-0.15, -0.1) is 11.3 Å². The first-order valence-corrected chi connectivity index (χ1v) is 8.17. The summed E-state index contributed by atoms with van der Waals surface area (Å²) in [6.45, 7) is 2.78. The fourth-order valence-corrected chi connectivity index (χ4v) is 3.91. The predicted molar refractivity (Wildman–Crippen MR) is 84.3 cm³/mol. The highest BCUT2D eigenvalue weighted by molar-refractivity contribution is 7.10. The highest BCUT2D eigenvalue weighted by Gasteiger charge is 2.34. The Hall–Kier alpha value is -1.82. The van der Waals surface area contributed by atoms with Crippen LogP contribution in [0.1, 0.15) is 46.9 Å². The van der Waals surface area contributed by atoms with Crippen molar-refractivity contribution in [3.63, 3.8) is 0 Å². The van der Waals surface area contributed by atoms with Gasteiger partial charge in [-0.05, 0) is 30.7 Å². The minimum atomic E-state index is -0.00176. The van der Waals surface area contributed by atoms with Crippen molar-refractivity contribution < 1.29 is 4.79 Å². The maximum Gasteiger partial charge on any atom is 0.274 e. The highest BCUT2D eigenvalue weighted by Crippen LogP contribution is 2.36. The van der Waals surface area contributed by atoms with Crippen LogP contribution < -0.4 is 5.73 Å². The molecule has 1 fully saturated rings. The van der Waals surface area contributed by atoms with E-state index in [0.717, 1.165) is 31.5 Å². The van der Waals surface area contributed by atoms with E-state index in [1.807, 2.05) is 17.9 Å². The molecule has 0 saturated carbocycles. The molecule has 2 aromatic heterocycles. The van der Waals surface area contributed by atoms with Crippen LogP contribution in [0.2, 0.25) is 0 Å². The zero-order chi connectivity index (χ0) is 15.0. The summed E-state index contributed by atoms with van der Waals surface area (Å²) in [5.74, 6) is -0.00176. The largest absolute Gasteiger partial charge is 0.395 e. The lowest BCUT2D eigenvalue weighted by Crippen LogP contribution is -2.32. The van der Waals surface area contributed by atoms with Crippen LogP contribution in [0.15, 0.2) is 17.5 Å². The van der Waals surface area contributed by atoms with Crippen molar-refractivity contribution in [2.75, 3.05) is 12.3 Å². The molecule has 0 bridgehead atoms. The number of aryl methyl sites for hydroxylation is 2. The van der Waals surface area contributed by atoms with Gasteiger partial charge in [-0.3, -0.25) is 9.48 Å². The molecule has 0 aromatic carbocycles. The molecule has 21 heavy (non-hydrogen) atoms. The van der Waals surface area contributed by atoms with Crippen molar-refractivity contribution in [1.29, 1.82) is 0 Å². The van der Waals surface area contributed by atoms with Crippen molar-refractivity contribution in [1.82, 2.24) is 14.7 Å². The van der Waals surface area contributed by atoms with E-state index in [9.17, 15) is 4.79 Å². The van der Waals surface area contributed by atoms with Crippen LogP contribution >= 0.6 is 11.3 Å². The third-order valence-electron chi connectivity index (χ3n) is 4.08. The van der Waals surface area contributed by atoms with Crippen LogP contribution in [0.5, 0.6) is 0 Å². The number of nitrogen functional groups attached to an aromatic ring is 1. The second-order valence-corrected chi connectivity index (χ2v) is 6.34. The summed E-state index contributed by atoms with van der Waals surface area (Å²) in [5, 5.41) is 6.42. The van der Waals surface area contributed by atoms with Gasteiger partial charge < -0.3 is 10.6 Å². The van der Waals surface area contributed by atoms with Crippen LogP contribution in [0.4, 0.5) is 5.69 Å². The second-order valence-electron chi connectivity index (χ2n) is 5.36. The lowest BCUT2D eigenvalue weighted by molar-refractivity contribution is 0.0728. The van der Waals surface area contributed by atoms with Gasteiger partial charge in [0.25, 0.3) is 5.91 Å². The SMILES string of the molecule is CCc1nn(C)c(C(=O)N2CCCC2c2cccs2)c1N. The number of carbonyl (C=O) groups excluding carboxylic acids is 1. The van der Waals surface area contributed by atoms with Crippen LogP contribution in [0.25, 0.3) is 0 Å². The highest BCUT2D eigenvalue weighted by atomic mass is 32.1. The zero-order valence-corrected chi connectivity index (χ0v) is 13.2. The molecule has 1 unspecified atom stereocenters. The van der Waals surface area contributed by atoms with Gasteiger partial charge in [0.2, 0.25) is 0 Å². The summed E-state index contributed by atoms with van der Waals surface area (Å²) in [6.07, 6.45) is 2.79. The molecule has 1 aliphatic heterocycles. The van der Waals surface area contributed by atoms with Crippen LogP contribution in [-0.2, 0) is 13.5 Å². The molecule has 3 heterocycles. The standard InChI is InChI=1S/C15H20N4OS/c1-3-10-13(16)14(18(2)17-10)15(20)19-8-4-6-11(19)12-7-5-9-21-12/h5,7,9,11H,3-4,6,8,16H2,1-2H3. The maximum atomic E-state index is 12.9. The molecule has 1 atom stereocenters. The molecule has 1 aliphatic rings. The number of hydrogen-bond acceptors (Lipinski definition) is 4. The number of thiophene rings is 1. The minimum Gasteiger partial charge on any atom is -0.395 e. The Morgan fingerprint density at radius 1 is 1.57 bits per heavy atom. The topological polar surface area (TPSA) is 64.2 Å². The van der Waals surface area contributed by atoms with Gasteiger partial charge >= 0.3 is 0 Å². The number of rotatable bonds is 3. The Labute approximate surface area is 128 Å². The van der Waals surface area contributed by atoms with E-state index in [0.29, 0.717) is 11.4 Å². The molecule has 0 spiro atoms. The number of carbonyl (C=O) groups is 1. The number of hydrogen-bond donors (Lipinski definition) is 1. The Bertz CT molecular complexity index is 647. The zero-order valence-electron chi connectivity index (χ0n) is 12.4. The Morgan fingerprint density at radius 3 is 3.00 bits per heavy atom.